The van der Waals surface area contributed by atoms with E-state index in [4.69, 9.17) is 4.74 Å². The average molecular weight is 337 g/mol. The summed E-state index contributed by atoms with van der Waals surface area (Å²) in [5, 5.41) is 0. The van der Waals surface area contributed by atoms with Gasteiger partial charge in [-0.1, -0.05) is 20.3 Å². The smallest absolute Gasteiger partial charge is 0.241 e. The van der Waals surface area contributed by atoms with Crippen molar-refractivity contribution in [2.24, 2.45) is 11.8 Å². The Kier molecular flexibility index (Phi) is 4.45. The fraction of sp³-hybridized carbons (Fsp3) is 0.667. The van der Waals surface area contributed by atoms with Gasteiger partial charge in [-0.3, -0.25) is 0 Å². The minimum absolute atomic E-state index is 0.114. The maximum atomic E-state index is 12.9. The first-order valence-corrected chi connectivity index (χ1v) is 10.0. The number of hydrogen-bond acceptors (Lipinski definition) is 3. The van der Waals surface area contributed by atoms with Crippen LogP contribution in [0.3, 0.4) is 0 Å². The van der Waals surface area contributed by atoms with Gasteiger partial charge < -0.3 is 4.74 Å². The Bertz CT molecular complexity index is 696. The number of benzene rings is 1. The van der Waals surface area contributed by atoms with Gasteiger partial charge in [-0.25, -0.2) is 13.1 Å². The van der Waals surface area contributed by atoms with Gasteiger partial charge in [0, 0.05) is 6.04 Å². The largest absolute Gasteiger partial charge is 0.496 e. The Morgan fingerprint density at radius 3 is 2.48 bits per heavy atom. The fourth-order valence-corrected chi connectivity index (χ4v) is 5.83. The van der Waals surface area contributed by atoms with E-state index in [1.54, 1.807) is 13.2 Å². The summed E-state index contributed by atoms with van der Waals surface area (Å²) in [5.41, 5.74) is 1.67. The Hall–Kier alpha value is -1.07. The van der Waals surface area contributed by atoms with Gasteiger partial charge >= 0.3 is 0 Å². The van der Waals surface area contributed by atoms with E-state index in [1.807, 2.05) is 26.8 Å². The number of hydrogen-bond donors (Lipinski definition) is 1. The first kappa shape index (κ1) is 16.8. The van der Waals surface area contributed by atoms with Crippen LogP contribution < -0.4 is 9.46 Å². The van der Waals surface area contributed by atoms with Gasteiger partial charge in [0.15, 0.2) is 0 Å². The minimum Gasteiger partial charge on any atom is -0.496 e. The molecule has 128 valence electrons. The quantitative estimate of drug-likeness (QED) is 0.893. The lowest BCUT2D eigenvalue weighted by molar-refractivity contribution is 0.390. The van der Waals surface area contributed by atoms with Crippen molar-refractivity contribution in [3.05, 3.63) is 23.3 Å². The van der Waals surface area contributed by atoms with Crippen molar-refractivity contribution in [2.75, 3.05) is 7.11 Å². The molecule has 2 aliphatic rings. The van der Waals surface area contributed by atoms with E-state index in [0.29, 0.717) is 10.8 Å². The predicted octanol–water partition coefficient (Wildman–Crippen LogP) is 3.59. The Morgan fingerprint density at radius 2 is 1.96 bits per heavy atom. The molecule has 0 saturated heterocycles. The number of methoxy groups -OCH3 is 1. The monoisotopic (exact) mass is 337 g/mol. The molecule has 0 aliphatic heterocycles. The van der Waals surface area contributed by atoms with Crippen LogP contribution in [0.15, 0.2) is 17.0 Å². The third-order valence-corrected chi connectivity index (χ3v) is 7.12. The lowest BCUT2D eigenvalue weighted by Gasteiger charge is -2.24. The normalized spacial score (nSPS) is 26.9. The molecule has 0 spiro atoms. The highest BCUT2D eigenvalue weighted by molar-refractivity contribution is 7.89. The van der Waals surface area contributed by atoms with Crippen molar-refractivity contribution < 1.29 is 13.2 Å². The van der Waals surface area contributed by atoms with E-state index in [9.17, 15) is 8.42 Å². The highest BCUT2D eigenvalue weighted by atomic mass is 32.2. The van der Waals surface area contributed by atoms with E-state index >= 15 is 0 Å². The van der Waals surface area contributed by atoms with Crippen LogP contribution in [0.2, 0.25) is 0 Å². The molecule has 3 rings (SSSR count). The molecule has 2 aliphatic carbocycles. The summed E-state index contributed by atoms with van der Waals surface area (Å²) in [6.45, 7) is 5.93. The van der Waals surface area contributed by atoms with Crippen LogP contribution in [-0.2, 0) is 10.0 Å². The first-order valence-electron chi connectivity index (χ1n) is 8.52. The maximum Gasteiger partial charge on any atom is 0.241 e. The van der Waals surface area contributed by atoms with Crippen molar-refractivity contribution in [3.63, 3.8) is 0 Å². The predicted molar refractivity (Wildman–Crippen MR) is 91.4 cm³/mol. The zero-order valence-electron chi connectivity index (χ0n) is 14.4. The van der Waals surface area contributed by atoms with Crippen molar-refractivity contribution in [3.8, 4) is 5.75 Å². The van der Waals surface area contributed by atoms with Gasteiger partial charge in [0.1, 0.15) is 5.75 Å². The van der Waals surface area contributed by atoms with E-state index < -0.39 is 10.0 Å². The molecule has 1 aromatic carbocycles. The highest BCUT2D eigenvalue weighted by Crippen LogP contribution is 2.45. The van der Waals surface area contributed by atoms with E-state index in [-0.39, 0.29) is 12.0 Å². The summed E-state index contributed by atoms with van der Waals surface area (Å²) in [4.78, 5) is 0.393. The van der Waals surface area contributed by atoms with E-state index in [0.717, 1.165) is 35.6 Å². The Labute approximate surface area is 139 Å². The summed E-state index contributed by atoms with van der Waals surface area (Å²) in [6.07, 6.45) is 4.61. The average Bonchev–Trinajstić information content (AvgIpc) is 3.08. The zero-order chi connectivity index (χ0) is 16.8. The second-order valence-corrected chi connectivity index (χ2v) is 9.10. The summed E-state index contributed by atoms with van der Waals surface area (Å²) in [7, 11) is -1.86. The van der Waals surface area contributed by atoms with Crippen molar-refractivity contribution >= 4 is 10.0 Å². The summed E-state index contributed by atoms with van der Waals surface area (Å²) in [6, 6.07) is 3.74. The van der Waals surface area contributed by atoms with Gasteiger partial charge in [0.05, 0.1) is 12.0 Å². The molecule has 0 aromatic heterocycles. The third kappa shape index (κ3) is 3.13. The van der Waals surface area contributed by atoms with Gasteiger partial charge in [-0.05, 0) is 67.2 Å². The molecule has 2 fully saturated rings. The van der Waals surface area contributed by atoms with Crippen LogP contribution in [0.5, 0.6) is 5.75 Å². The molecule has 3 atom stereocenters. The molecule has 2 saturated carbocycles. The van der Waals surface area contributed by atoms with Crippen LogP contribution in [-0.4, -0.2) is 21.6 Å². The number of ether oxygens (including phenoxy) is 1. The topological polar surface area (TPSA) is 55.4 Å². The standard InChI is InChI=1S/C18H27NO3S/c1-11(2)15-10-18(12(3)7-17(15)22-4)23(20,21)19-16-9-13-5-6-14(16)8-13/h7,10-11,13-14,16,19H,5-6,8-9H2,1-4H3/t13-,14+,16-/m0/s1. The second-order valence-electron chi connectivity index (χ2n) is 7.42. The zero-order valence-corrected chi connectivity index (χ0v) is 15.2. The van der Waals surface area contributed by atoms with Gasteiger partial charge in [0.2, 0.25) is 10.0 Å². The lowest BCUT2D eigenvalue weighted by atomic mass is 9.96. The van der Waals surface area contributed by atoms with Crippen LogP contribution in [0.1, 0.15) is 56.6 Å². The molecular weight excluding hydrogens is 310 g/mol. The van der Waals surface area contributed by atoms with Crippen LogP contribution in [0, 0.1) is 18.8 Å². The minimum atomic E-state index is -3.48. The molecule has 23 heavy (non-hydrogen) atoms. The van der Waals surface area contributed by atoms with Gasteiger partial charge in [0.25, 0.3) is 0 Å². The first-order chi connectivity index (χ1) is 10.8. The molecule has 1 N–H and O–H groups in total. The summed E-state index contributed by atoms with van der Waals surface area (Å²) < 4.78 is 34.2. The fourth-order valence-electron chi connectivity index (χ4n) is 4.25. The molecule has 2 bridgehead atoms. The molecule has 0 amide bonds. The molecule has 4 nitrogen and oxygen atoms in total. The van der Waals surface area contributed by atoms with E-state index in [2.05, 4.69) is 4.72 Å². The molecule has 5 heteroatoms. The van der Waals surface area contributed by atoms with Crippen LogP contribution in [0.25, 0.3) is 0 Å². The highest BCUT2D eigenvalue weighted by Gasteiger charge is 2.41. The van der Waals surface area contributed by atoms with Crippen LogP contribution in [0.4, 0.5) is 0 Å². The maximum absolute atomic E-state index is 12.9. The molecular formula is C18H27NO3S. The van der Waals surface area contributed by atoms with Crippen molar-refractivity contribution in [1.29, 1.82) is 0 Å². The third-order valence-electron chi connectivity index (χ3n) is 5.48. The van der Waals surface area contributed by atoms with Crippen molar-refractivity contribution in [2.45, 2.75) is 63.3 Å². The van der Waals surface area contributed by atoms with Gasteiger partial charge in [-0.2, -0.15) is 0 Å². The van der Waals surface area contributed by atoms with Crippen molar-refractivity contribution in [1.82, 2.24) is 4.72 Å². The second kappa shape index (κ2) is 6.10. The molecule has 0 heterocycles. The molecule has 0 unspecified atom stereocenters. The van der Waals surface area contributed by atoms with Gasteiger partial charge in [-0.15, -0.1) is 0 Å². The lowest BCUT2D eigenvalue weighted by Crippen LogP contribution is -2.38. The molecule has 0 radical (unpaired) electrons. The van der Waals surface area contributed by atoms with Crippen LogP contribution >= 0.6 is 0 Å². The number of fused-ring (bicyclic) bond motifs is 2. The number of nitrogens with one attached hydrogen (secondary N) is 1. The summed E-state index contributed by atoms with van der Waals surface area (Å²) in [5.74, 6) is 2.21. The Balaban J connectivity index is 1.91. The SMILES string of the molecule is COc1cc(C)c(S(=O)(=O)N[C@H]2C[C@H]3CC[C@@H]2C3)cc1C(C)C. The van der Waals surface area contributed by atoms with E-state index in [1.165, 1.54) is 12.8 Å². The summed E-state index contributed by atoms with van der Waals surface area (Å²) >= 11 is 0. The number of sulfonamides is 1. The number of aryl methyl sites for hydroxylation is 1. The number of rotatable bonds is 5. The Morgan fingerprint density at radius 1 is 1.22 bits per heavy atom. The molecule has 1 aromatic rings.